The van der Waals surface area contributed by atoms with Crippen molar-refractivity contribution in [3.8, 4) is 0 Å². The van der Waals surface area contributed by atoms with Gasteiger partial charge in [-0.3, -0.25) is 0 Å². The van der Waals surface area contributed by atoms with Crippen LogP contribution < -0.4 is 0 Å². The largest absolute Gasteiger partial charge is 0.0587 e. The molecule has 12 aromatic carbocycles. The molecule has 0 bridgehead atoms. The standard InChI is InChI=1S/C20H18.C18H18.2C14H16.C10H14/c1-11-9-12(2)16-7-8-18-14(4)10-13(3)17-6-5-15(11)19(16)20(17)18;1-11-5-7-15-14(4)18-10-12(2)6-8-16(18)13(3)17(15)9-11;1-9-5-7-14-12(4)10(2)6-8-13(14)11(9)3;1-9-5-6-11(3)14-12(4)8-7-10(2)13(9)14;1-7-5-9(3)10(4)6-8(7)2/h5-10H,1-4H3;5-10H,1-4H3;2*5-8H,1-4H3;5-6H,1-4H3. The maximum Gasteiger partial charge on any atom is -0.00213 e. The summed E-state index contributed by atoms with van der Waals surface area (Å²) in [6, 6.07) is 49.5. The van der Waals surface area contributed by atoms with Gasteiger partial charge in [-0.15, -0.1) is 0 Å². The highest BCUT2D eigenvalue weighted by Gasteiger charge is 2.15. The van der Waals surface area contributed by atoms with Crippen LogP contribution >= 0.6 is 0 Å². The average Bonchev–Trinajstić information content (AvgIpc) is 3.38. The van der Waals surface area contributed by atoms with E-state index in [-0.39, 0.29) is 0 Å². The number of rotatable bonds is 0. The van der Waals surface area contributed by atoms with Crippen LogP contribution in [0.4, 0.5) is 0 Å². The van der Waals surface area contributed by atoms with E-state index in [1.54, 1.807) is 0 Å². The Balaban J connectivity index is 0.000000128. The molecule has 12 rings (SSSR count). The summed E-state index contributed by atoms with van der Waals surface area (Å²) in [5.41, 5.74) is 27.6. The molecule has 0 heterocycles. The smallest absolute Gasteiger partial charge is 0.00213 e. The average molecular weight is 995 g/mol. The molecule has 0 aromatic heterocycles. The van der Waals surface area contributed by atoms with Crippen molar-refractivity contribution in [3.05, 3.63) is 245 Å². The fraction of sp³-hybridized carbons (Fsp3) is 0.263. The highest BCUT2D eigenvalue weighted by Crippen LogP contribution is 2.40. The first-order valence-corrected chi connectivity index (χ1v) is 27.5. The van der Waals surface area contributed by atoms with Gasteiger partial charge in [-0.1, -0.05) is 145 Å². The first-order valence-electron chi connectivity index (χ1n) is 27.5. The lowest BCUT2D eigenvalue weighted by atomic mass is 9.87. The van der Waals surface area contributed by atoms with Gasteiger partial charge >= 0.3 is 0 Å². The number of hydrogen-bond acceptors (Lipinski definition) is 0. The predicted molar refractivity (Wildman–Crippen MR) is 341 cm³/mol. The summed E-state index contributed by atoms with van der Waals surface area (Å²) in [4.78, 5) is 0. The van der Waals surface area contributed by atoms with Gasteiger partial charge in [0.05, 0.1) is 0 Å². The first kappa shape index (κ1) is 55.0. The SMILES string of the molecule is Cc1cc(C)c(C)cc1C.Cc1cc(C)c2ccc3c(C)cc(C)c4ccc1c2c43.Cc1ccc(C)c2c(C)ccc(C)c12.Cc1ccc2c(C)c(C)ccc2c1C.Cc1ccc2c(C)c3cc(C)ccc3c(C)c2c1. The third-order valence-electron chi connectivity index (χ3n) is 17.1. The number of fused-ring (bicyclic) bond motifs is 4. The summed E-state index contributed by atoms with van der Waals surface area (Å²) in [5, 5.41) is 19.7. The molecule has 386 valence electrons. The summed E-state index contributed by atoms with van der Waals surface area (Å²) >= 11 is 0. The maximum atomic E-state index is 2.31. The van der Waals surface area contributed by atoms with Gasteiger partial charge in [-0.05, 0) is 314 Å². The van der Waals surface area contributed by atoms with E-state index in [1.165, 1.54) is 187 Å². The fourth-order valence-corrected chi connectivity index (χ4v) is 11.9. The van der Waals surface area contributed by atoms with Crippen LogP contribution in [0.25, 0.3) is 75.4 Å². The summed E-state index contributed by atoms with van der Waals surface area (Å²) in [7, 11) is 0. The van der Waals surface area contributed by atoms with Crippen molar-refractivity contribution >= 4 is 75.4 Å². The maximum absolute atomic E-state index is 2.31. The summed E-state index contributed by atoms with van der Waals surface area (Å²) in [5.74, 6) is 0. The Morgan fingerprint density at radius 2 is 0.368 bits per heavy atom. The zero-order valence-electron chi connectivity index (χ0n) is 49.7. The Kier molecular flexibility index (Phi) is 16.0. The molecule has 0 aliphatic carbocycles. The zero-order chi connectivity index (χ0) is 55.2. The minimum atomic E-state index is 1.33. The van der Waals surface area contributed by atoms with E-state index in [9.17, 15) is 0 Å². The molecular weight excluding hydrogens is 913 g/mol. The van der Waals surface area contributed by atoms with E-state index in [0.717, 1.165) is 0 Å². The van der Waals surface area contributed by atoms with Crippen LogP contribution in [-0.4, -0.2) is 0 Å². The van der Waals surface area contributed by atoms with Crippen molar-refractivity contribution in [1.29, 1.82) is 0 Å². The molecule has 0 nitrogen and oxygen atoms in total. The number of aryl methyl sites for hydroxylation is 20. The lowest BCUT2D eigenvalue weighted by molar-refractivity contribution is 1.24. The van der Waals surface area contributed by atoms with Crippen LogP contribution in [0.2, 0.25) is 0 Å². The van der Waals surface area contributed by atoms with Crippen LogP contribution in [0.15, 0.2) is 133 Å². The molecule has 0 fully saturated rings. The molecule has 0 atom stereocenters. The second kappa shape index (κ2) is 22.1. The van der Waals surface area contributed by atoms with Gasteiger partial charge in [0.2, 0.25) is 0 Å². The third kappa shape index (κ3) is 10.6. The van der Waals surface area contributed by atoms with Crippen LogP contribution in [0, 0.1) is 138 Å². The van der Waals surface area contributed by atoms with Crippen molar-refractivity contribution in [1.82, 2.24) is 0 Å². The summed E-state index contributed by atoms with van der Waals surface area (Å²) in [6.07, 6.45) is 0. The second-order valence-corrected chi connectivity index (χ2v) is 22.7. The molecule has 0 aliphatic heterocycles. The van der Waals surface area contributed by atoms with Crippen LogP contribution in [0.5, 0.6) is 0 Å². The van der Waals surface area contributed by atoms with Gasteiger partial charge in [-0.25, -0.2) is 0 Å². The normalized spacial score (nSPS) is 11.2. The van der Waals surface area contributed by atoms with E-state index >= 15 is 0 Å². The topological polar surface area (TPSA) is 0 Å². The van der Waals surface area contributed by atoms with Gasteiger partial charge in [0.25, 0.3) is 0 Å². The molecule has 0 heteroatoms. The quantitative estimate of drug-likeness (QED) is 0.105. The Morgan fingerprint density at radius 1 is 0.145 bits per heavy atom. The van der Waals surface area contributed by atoms with Crippen molar-refractivity contribution in [2.75, 3.05) is 0 Å². The van der Waals surface area contributed by atoms with Gasteiger partial charge in [0.1, 0.15) is 0 Å². The van der Waals surface area contributed by atoms with Gasteiger partial charge in [-0.2, -0.15) is 0 Å². The zero-order valence-corrected chi connectivity index (χ0v) is 49.7. The molecule has 0 spiro atoms. The van der Waals surface area contributed by atoms with Gasteiger partial charge in [0.15, 0.2) is 0 Å². The molecule has 12 aromatic rings. The monoisotopic (exact) mass is 995 g/mol. The Hall–Kier alpha value is -7.28. The van der Waals surface area contributed by atoms with Gasteiger partial charge < -0.3 is 0 Å². The van der Waals surface area contributed by atoms with Crippen molar-refractivity contribution in [2.45, 2.75) is 138 Å². The Labute approximate surface area is 456 Å². The Morgan fingerprint density at radius 3 is 0.658 bits per heavy atom. The lowest BCUT2D eigenvalue weighted by Gasteiger charge is -2.17. The van der Waals surface area contributed by atoms with Crippen molar-refractivity contribution in [3.63, 3.8) is 0 Å². The lowest BCUT2D eigenvalue weighted by Crippen LogP contribution is -1.92. The predicted octanol–water partition coefficient (Wildman–Crippen LogP) is 22.1. The molecule has 0 radical (unpaired) electrons. The highest BCUT2D eigenvalue weighted by atomic mass is 14.2. The van der Waals surface area contributed by atoms with E-state index in [1.807, 2.05) is 0 Å². The number of hydrogen-bond donors (Lipinski definition) is 0. The van der Waals surface area contributed by atoms with E-state index in [2.05, 4.69) is 272 Å². The molecule has 0 aliphatic rings. The molecule has 76 heavy (non-hydrogen) atoms. The van der Waals surface area contributed by atoms with Gasteiger partial charge in [0, 0.05) is 0 Å². The minimum absolute atomic E-state index is 1.33. The van der Waals surface area contributed by atoms with E-state index in [4.69, 9.17) is 0 Å². The van der Waals surface area contributed by atoms with E-state index in [0.29, 0.717) is 0 Å². The molecule has 0 saturated heterocycles. The first-order chi connectivity index (χ1) is 36.0. The van der Waals surface area contributed by atoms with Crippen LogP contribution in [-0.2, 0) is 0 Å². The fourth-order valence-electron chi connectivity index (χ4n) is 11.9. The molecule has 0 amide bonds. The number of benzene rings is 12. The minimum Gasteiger partial charge on any atom is -0.0587 e. The van der Waals surface area contributed by atoms with Crippen molar-refractivity contribution in [2.24, 2.45) is 0 Å². The van der Waals surface area contributed by atoms with Crippen LogP contribution in [0.3, 0.4) is 0 Å². The third-order valence-corrected chi connectivity index (χ3v) is 17.1. The molecule has 0 unspecified atom stereocenters. The van der Waals surface area contributed by atoms with Crippen LogP contribution in [0.1, 0.15) is 111 Å². The van der Waals surface area contributed by atoms with E-state index < -0.39 is 0 Å². The summed E-state index contributed by atoms with van der Waals surface area (Å²) < 4.78 is 0. The molecule has 0 N–H and O–H groups in total. The Bertz CT molecular complexity index is 3780. The van der Waals surface area contributed by atoms with Crippen molar-refractivity contribution < 1.29 is 0 Å². The highest BCUT2D eigenvalue weighted by molar-refractivity contribution is 6.25. The molecular formula is C76H82. The molecule has 0 saturated carbocycles. The second-order valence-electron chi connectivity index (χ2n) is 22.7. The summed E-state index contributed by atoms with van der Waals surface area (Å²) in [6.45, 7) is 43.8.